The van der Waals surface area contributed by atoms with E-state index in [9.17, 15) is 4.79 Å². The maximum atomic E-state index is 11.2. The predicted octanol–water partition coefficient (Wildman–Crippen LogP) is 6.67. The lowest BCUT2D eigenvalue weighted by atomic mass is 10.0. The van der Waals surface area contributed by atoms with Crippen molar-refractivity contribution in [1.82, 2.24) is 0 Å². The van der Waals surface area contributed by atoms with Gasteiger partial charge in [-0.05, 0) is 31.6 Å². The number of hydrogen-bond donors (Lipinski definition) is 0. The number of unbranched alkanes of at least 4 members (excludes halogenated alkanes) is 9. The Hall–Kier alpha value is -0.530. The van der Waals surface area contributed by atoms with Gasteiger partial charge in [-0.2, -0.15) is 0 Å². The first-order valence-corrected chi connectivity index (χ1v) is 10.4. The summed E-state index contributed by atoms with van der Waals surface area (Å²) in [5, 5.41) is 0. The Morgan fingerprint density at radius 3 is 1.87 bits per heavy atom. The zero-order valence-electron chi connectivity index (χ0n) is 15.8. The van der Waals surface area contributed by atoms with Gasteiger partial charge in [-0.1, -0.05) is 84.0 Å². The van der Waals surface area contributed by atoms with E-state index in [-0.39, 0.29) is 5.97 Å². The van der Waals surface area contributed by atoms with Crippen LogP contribution in [0.25, 0.3) is 0 Å². The molecule has 1 aliphatic rings. The second kappa shape index (κ2) is 13.9. The first-order valence-electron chi connectivity index (χ1n) is 10.4. The lowest BCUT2D eigenvalue weighted by Crippen LogP contribution is -2.03. The summed E-state index contributed by atoms with van der Waals surface area (Å²) < 4.78 is 4.94. The fraction of sp³-hybridized carbons (Fsp3) is 0.952. The molecule has 0 N–H and O–H groups in total. The van der Waals surface area contributed by atoms with Crippen LogP contribution in [0.5, 0.6) is 0 Å². The second-order valence-electron chi connectivity index (χ2n) is 7.42. The normalized spacial score (nSPS) is 19.7. The molecule has 2 unspecified atom stereocenters. The Balaban J connectivity index is 1.77. The predicted molar refractivity (Wildman–Crippen MR) is 98.5 cm³/mol. The van der Waals surface area contributed by atoms with Gasteiger partial charge in [0.25, 0.3) is 0 Å². The van der Waals surface area contributed by atoms with E-state index in [2.05, 4.69) is 6.92 Å². The highest BCUT2D eigenvalue weighted by molar-refractivity contribution is 5.69. The lowest BCUT2D eigenvalue weighted by Gasteiger charge is -2.03. The molecular formula is C21H40O2. The zero-order chi connectivity index (χ0) is 16.8. The number of rotatable bonds is 16. The first kappa shape index (κ1) is 20.5. The first-order chi connectivity index (χ1) is 11.3. The van der Waals surface area contributed by atoms with Crippen LogP contribution in [0, 0.1) is 11.8 Å². The minimum atomic E-state index is -0.0250. The molecule has 2 atom stereocenters. The van der Waals surface area contributed by atoms with E-state index in [1.807, 2.05) is 6.92 Å². The van der Waals surface area contributed by atoms with Gasteiger partial charge in [-0.3, -0.25) is 4.79 Å². The van der Waals surface area contributed by atoms with Gasteiger partial charge in [0.15, 0.2) is 0 Å². The molecule has 1 rings (SSSR count). The molecule has 0 aromatic carbocycles. The summed E-state index contributed by atoms with van der Waals surface area (Å²) in [6.07, 6.45) is 19.9. The molecule has 2 nitrogen and oxygen atoms in total. The van der Waals surface area contributed by atoms with Gasteiger partial charge < -0.3 is 4.74 Å². The Labute approximate surface area is 144 Å². The SMILES string of the molecule is CCCCCCCCC1CC1CCCCCCCC(=O)OCC. The second-order valence-corrected chi connectivity index (χ2v) is 7.42. The molecule has 1 saturated carbocycles. The van der Waals surface area contributed by atoms with Crippen LogP contribution in [0.3, 0.4) is 0 Å². The molecule has 0 aromatic heterocycles. The van der Waals surface area contributed by atoms with Gasteiger partial charge in [0.05, 0.1) is 6.61 Å². The third-order valence-corrected chi connectivity index (χ3v) is 5.26. The molecule has 23 heavy (non-hydrogen) atoms. The van der Waals surface area contributed by atoms with Crippen molar-refractivity contribution in [1.29, 1.82) is 0 Å². The van der Waals surface area contributed by atoms with E-state index in [1.165, 1.54) is 83.5 Å². The molecule has 1 aliphatic carbocycles. The third kappa shape index (κ3) is 11.6. The van der Waals surface area contributed by atoms with Gasteiger partial charge in [-0.25, -0.2) is 0 Å². The Morgan fingerprint density at radius 2 is 1.30 bits per heavy atom. The maximum Gasteiger partial charge on any atom is 0.305 e. The smallest absolute Gasteiger partial charge is 0.305 e. The lowest BCUT2D eigenvalue weighted by molar-refractivity contribution is -0.143. The van der Waals surface area contributed by atoms with Crippen LogP contribution in [0.2, 0.25) is 0 Å². The van der Waals surface area contributed by atoms with Gasteiger partial charge in [0.1, 0.15) is 0 Å². The fourth-order valence-corrected chi connectivity index (χ4v) is 3.64. The summed E-state index contributed by atoms with van der Waals surface area (Å²) in [4.78, 5) is 11.2. The number of carbonyl (C=O) groups is 1. The highest BCUT2D eigenvalue weighted by atomic mass is 16.5. The summed E-state index contributed by atoms with van der Waals surface area (Å²) in [5.41, 5.74) is 0. The summed E-state index contributed by atoms with van der Waals surface area (Å²) in [6, 6.07) is 0. The molecule has 0 aromatic rings. The van der Waals surface area contributed by atoms with Crippen molar-refractivity contribution >= 4 is 5.97 Å². The highest BCUT2D eigenvalue weighted by Gasteiger charge is 2.34. The number of carbonyl (C=O) groups excluding carboxylic acids is 1. The molecule has 0 aliphatic heterocycles. The number of hydrogen-bond acceptors (Lipinski definition) is 2. The summed E-state index contributed by atoms with van der Waals surface area (Å²) in [5.74, 6) is 2.11. The quantitative estimate of drug-likeness (QED) is 0.234. The summed E-state index contributed by atoms with van der Waals surface area (Å²) in [7, 11) is 0. The number of ether oxygens (including phenoxy) is 1. The third-order valence-electron chi connectivity index (χ3n) is 5.26. The van der Waals surface area contributed by atoms with Crippen molar-refractivity contribution in [2.45, 2.75) is 110 Å². The summed E-state index contributed by atoms with van der Waals surface area (Å²) >= 11 is 0. The van der Waals surface area contributed by atoms with E-state index < -0.39 is 0 Å². The molecule has 0 heterocycles. The minimum absolute atomic E-state index is 0.0250. The topological polar surface area (TPSA) is 26.3 Å². The number of esters is 1. The average Bonchev–Trinajstić information content (AvgIpc) is 3.28. The van der Waals surface area contributed by atoms with Crippen molar-refractivity contribution in [3.8, 4) is 0 Å². The van der Waals surface area contributed by atoms with Crippen LogP contribution >= 0.6 is 0 Å². The zero-order valence-corrected chi connectivity index (χ0v) is 15.8. The van der Waals surface area contributed by atoms with Crippen molar-refractivity contribution < 1.29 is 9.53 Å². The van der Waals surface area contributed by atoms with E-state index in [0.29, 0.717) is 13.0 Å². The fourth-order valence-electron chi connectivity index (χ4n) is 3.64. The Morgan fingerprint density at radius 1 is 0.783 bits per heavy atom. The molecule has 2 heteroatoms. The monoisotopic (exact) mass is 324 g/mol. The molecular weight excluding hydrogens is 284 g/mol. The van der Waals surface area contributed by atoms with Crippen LogP contribution in [0.1, 0.15) is 110 Å². The van der Waals surface area contributed by atoms with Crippen molar-refractivity contribution in [3.63, 3.8) is 0 Å². The Bertz CT molecular complexity index is 288. The molecule has 0 amide bonds. The van der Waals surface area contributed by atoms with E-state index >= 15 is 0 Å². The van der Waals surface area contributed by atoms with Crippen molar-refractivity contribution in [2.24, 2.45) is 11.8 Å². The molecule has 136 valence electrons. The largest absolute Gasteiger partial charge is 0.466 e. The molecule has 0 saturated heterocycles. The standard InChI is InChI=1S/C21H40O2/c1-3-5-6-7-9-12-15-19-18-20(19)16-13-10-8-11-14-17-21(22)23-4-2/h19-20H,3-18H2,1-2H3. The van der Waals surface area contributed by atoms with Crippen LogP contribution in [-0.2, 0) is 9.53 Å². The average molecular weight is 325 g/mol. The van der Waals surface area contributed by atoms with E-state index in [0.717, 1.165) is 18.3 Å². The van der Waals surface area contributed by atoms with Crippen LogP contribution in [0.15, 0.2) is 0 Å². The molecule has 0 spiro atoms. The van der Waals surface area contributed by atoms with Gasteiger partial charge in [-0.15, -0.1) is 0 Å². The Kier molecular flexibility index (Phi) is 12.4. The van der Waals surface area contributed by atoms with Gasteiger partial charge >= 0.3 is 5.97 Å². The van der Waals surface area contributed by atoms with Crippen molar-refractivity contribution in [3.05, 3.63) is 0 Å². The van der Waals surface area contributed by atoms with Crippen LogP contribution in [-0.4, -0.2) is 12.6 Å². The van der Waals surface area contributed by atoms with Crippen LogP contribution in [0.4, 0.5) is 0 Å². The minimum Gasteiger partial charge on any atom is -0.466 e. The van der Waals surface area contributed by atoms with Crippen molar-refractivity contribution in [2.75, 3.05) is 6.61 Å². The maximum absolute atomic E-state index is 11.2. The highest BCUT2D eigenvalue weighted by Crippen LogP contribution is 2.45. The molecule has 0 bridgehead atoms. The van der Waals surface area contributed by atoms with Gasteiger partial charge in [0, 0.05) is 6.42 Å². The molecule has 1 fully saturated rings. The van der Waals surface area contributed by atoms with E-state index in [4.69, 9.17) is 4.74 Å². The summed E-state index contributed by atoms with van der Waals surface area (Å²) in [6.45, 7) is 4.67. The van der Waals surface area contributed by atoms with Crippen LogP contribution < -0.4 is 0 Å². The molecule has 0 radical (unpaired) electrons. The van der Waals surface area contributed by atoms with Gasteiger partial charge in [0.2, 0.25) is 0 Å². The van der Waals surface area contributed by atoms with E-state index in [1.54, 1.807) is 0 Å².